The lowest BCUT2D eigenvalue weighted by Gasteiger charge is -2.30. The summed E-state index contributed by atoms with van der Waals surface area (Å²) in [5.74, 6) is -0.695. The van der Waals surface area contributed by atoms with Crippen LogP contribution in [0.15, 0.2) is 71.9 Å². The number of benzene rings is 2. The minimum atomic E-state index is -3.56. The Kier molecular flexibility index (Phi) is 6.57. The van der Waals surface area contributed by atoms with Crippen molar-refractivity contribution in [2.45, 2.75) is 17.7 Å². The van der Waals surface area contributed by atoms with Crippen LogP contribution >= 0.6 is 0 Å². The van der Waals surface area contributed by atoms with Crippen molar-refractivity contribution in [1.29, 1.82) is 0 Å². The Morgan fingerprint density at radius 1 is 1.03 bits per heavy atom. The van der Waals surface area contributed by atoms with Gasteiger partial charge >= 0.3 is 5.97 Å². The first-order chi connectivity index (χ1) is 15.8. The number of anilines is 1. The highest BCUT2D eigenvalue weighted by atomic mass is 32.2. The summed E-state index contributed by atoms with van der Waals surface area (Å²) in [5.41, 5.74) is 0.997. The second kappa shape index (κ2) is 9.55. The molecular weight excluding hydrogens is 444 g/mol. The van der Waals surface area contributed by atoms with Gasteiger partial charge in [-0.3, -0.25) is 14.3 Å². The molecule has 10 heteroatoms. The number of nitrogens with zero attached hydrogens (tertiary/aromatic N) is 3. The minimum absolute atomic E-state index is 0.252. The predicted molar refractivity (Wildman–Crippen MR) is 121 cm³/mol. The number of carbonyl (C=O) groups excluding carboxylic acids is 2. The minimum Gasteiger partial charge on any atom is -0.426 e. The summed E-state index contributed by atoms with van der Waals surface area (Å²) in [6.07, 6.45) is 3.87. The van der Waals surface area contributed by atoms with Crippen LogP contribution in [0.5, 0.6) is 5.75 Å². The number of nitrogens with one attached hydrogen (secondary N) is 1. The molecule has 0 radical (unpaired) electrons. The molecule has 1 fully saturated rings. The highest BCUT2D eigenvalue weighted by molar-refractivity contribution is 7.89. The van der Waals surface area contributed by atoms with E-state index in [-0.39, 0.29) is 35.8 Å². The summed E-state index contributed by atoms with van der Waals surface area (Å²) in [6, 6.07) is 14.8. The highest BCUT2D eigenvalue weighted by Crippen LogP contribution is 2.26. The molecule has 1 N–H and O–H groups in total. The second-order valence-electron chi connectivity index (χ2n) is 7.79. The molecule has 4 rings (SSSR count). The molecule has 0 saturated carbocycles. The van der Waals surface area contributed by atoms with Crippen molar-refractivity contribution in [3.63, 3.8) is 0 Å². The zero-order valence-corrected chi connectivity index (χ0v) is 18.9. The monoisotopic (exact) mass is 468 g/mol. The fraction of sp³-hybridized carbons (Fsp3) is 0.261. The highest BCUT2D eigenvalue weighted by Gasteiger charge is 2.32. The van der Waals surface area contributed by atoms with Crippen molar-refractivity contribution < 1.29 is 22.7 Å². The predicted octanol–water partition coefficient (Wildman–Crippen LogP) is 2.68. The van der Waals surface area contributed by atoms with Crippen molar-refractivity contribution in [2.24, 2.45) is 13.0 Å². The van der Waals surface area contributed by atoms with Gasteiger partial charge in [-0.1, -0.05) is 18.2 Å². The molecular formula is C23H24N4O5S. The fourth-order valence-corrected chi connectivity index (χ4v) is 5.11. The summed E-state index contributed by atoms with van der Waals surface area (Å²) >= 11 is 0. The first-order valence-corrected chi connectivity index (χ1v) is 11.9. The Labute approximate surface area is 192 Å². The van der Waals surface area contributed by atoms with Crippen molar-refractivity contribution in [2.75, 3.05) is 18.4 Å². The Morgan fingerprint density at radius 2 is 1.70 bits per heavy atom. The van der Waals surface area contributed by atoms with Gasteiger partial charge in [0, 0.05) is 32.0 Å². The molecule has 9 nitrogen and oxygen atoms in total. The van der Waals surface area contributed by atoms with Gasteiger partial charge in [-0.15, -0.1) is 0 Å². The maximum Gasteiger partial charge on any atom is 0.314 e. The van der Waals surface area contributed by atoms with Crippen LogP contribution in [-0.2, 0) is 21.9 Å². The van der Waals surface area contributed by atoms with Crippen LogP contribution in [0.1, 0.15) is 23.2 Å². The van der Waals surface area contributed by atoms with Gasteiger partial charge < -0.3 is 10.1 Å². The zero-order valence-electron chi connectivity index (χ0n) is 18.0. The van der Waals surface area contributed by atoms with Gasteiger partial charge in [0.2, 0.25) is 10.0 Å². The molecule has 0 atom stereocenters. The number of aryl methyl sites for hydroxylation is 1. The smallest absolute Gasteiger partial charge is 0.314 e. The molecule has 0 bridgehead atoms. The molecule has 3 aromatic rings. The average Bonchev–Trinajstić information content (AvgIpc) is 3.27. The first-order valence-electron chi connectivity index (χ1n) is 10.5. The number of piperidine rings is 1. The summed E-state index contributed by atoms with van der Waals surface area (Å²) in [7, 11) is -1.83. The van der Waals surface area contributed by atoms with Gasteiger partial charge in [0.05, 0.1) is 22.6 Å². The zero-order chi connectivity index (χ0) is 23.4. The Morgan fingerprint density at radius 3 is 2.30 bits per heavy atom. The van der Waals surface area contributed by atoms with Gasteiger partial charge in [-0.2, -0.15) is 9.40 Å². The van der Waals surface area contributed by atoms with E-state index in [0.29, 0.717) is 29.8 Å². The van der Waals surface area contributed by atoms with E-state index < -0.39 is 10.0 Å². The lowest BCUT2D eigenvalue weighted by Crippen LogP contribution is -2.41. The molecule has 2 aromatic carbocycles. The van der Waals surface area contributed by atoms with Gasteiger partial charge in [0.15, 0.2) is 0 Å². The largest absolute Gasteiger partial charge is 0.426 e. The molecule has 0 aliphatic carbocycles. The van der Waals surface area contributed by atoms with E-state index in [1.807, 2.05) is 0 Å². The van der Waals surface area contributed by atoms with Gasteiger partial charge in [0.1, 0.15) is 5.75 Å². The van der Waals surface area contributed by atoms with Crippen LogP contribution in [0.25, 0.3) is 0 Å². The number of aromatic nitrogens is 2. The number of hydrogen-bond donors (Lipinski definition) is 1. The lowest BCUT2D eigenvalue weighted by molar-refractivity contribution is -0.140. The Balaban J connectivity index is 1.30. The third kappa shape index (κ3) is 5.29. The van der Waals surface area contributed by atoms with Crippen molar-refractivity contribution >= 4 is 27.6 Å². The number of amides is 1. The molecule has 0 spiro atoms. The summed E-state index contributed by atoms with van der Waals surface area (Å²) < 4.78 is 33.9. The maximum atomic E-state index is 12.7. The van der Waals surface area contributed by atoms with Crippen molar-refractivity contribution in [1.82, 2.24) is 14.1 Å². The quantitative estimate of drug-likeness (QED) is 0.440. The standard InChI is InChI=1S/C23H24N4O5S/c1-26-16-18(15-24-26)22(28)25-19-7-9-20(10-8-19)32-23(29)17-11-13-27(14-12-17)33(30,31)21-5-3-2-4-6-21/h2-10,15-17H,11-14H2,1H3,(H,25,28). The Bertz CT molecular complexity index is 1230. The normalized spacial score (nSPS) is 15.2. The number of rotatable bonds is 6. The van der Waals surface area contributed by atoms with Crippen LogP contribution in [0, 0.1) is 5.92 Å². The molecule has 1 aromatic heterocycles. The molecule has 1 amide bonds. The van der Waals surface area contributed by atoms with E-state index in [1.165, 1.54) is 10.5 Å². The van der Waals surface area contributed by atoms with Crippen LogP contribution in [0.3, 0.4) is 0 Å². The molecule has 2 heterocycles. The topological polar surface area (TPSA) is 111 Å². The van der Waals surface area contributed by atoms with Crippen molar-refractivity contribution in [3.8, 4) is 5.75 Å². The van der Waals surface area contributed by atoms with E-state index in [9.17, 15) is 18.0 Å². The molecule has 1 aliphatic rings. The van der Waals surface area contributed by atoms with Gasteiger partial charge in [-0.25, -0.2) is 8.42 Å². The number of ether oxygens (including phenoxy) is 1. The number of esters is 1. The van der Waals surface area contributed by atoms with Crippen LogP contribution in [-0.4, -0.2) is 47.5 Å². The van der Waals surface area contributed by atoms with E-state index in [4.69, 9.17) is 4.74 Å². The summed E-state index contributed by atoms with van der Waals surface area (Å²) in [4.78, 5) is 25.0. The van der Waals surface area contributed by atoms with E-state index >= 15 is 0 Å². The Hall–Kier alpha value is -3.50. The second-order valence-corrected chi connectivity index (χ2v) is 9.73. The van der Waals surface area contributed by atoms with E-state index in [1.54, 1.807) is 72.5 Å². The molecule has 1 aliphatic heterocycles. The number of sulfonamides is 1. The fourth-order valence-electron chi connectivity index (χ4n) is 3.62. The molecule has 33 heavy (non-hydrogen) atoms. The first kappa shape index (κ1) is 22.7. The van der Waals surface area contributed by atoms with Crippen molar-refractivity contribution in [3.05, 3.63) is 72.6 Å². The molecule has 172 valence electrons. The maximum absolute atomic E-state index is 12.7. The number of hydrogen-bond acceptors (Lipinski definition) is 6. The van der Waals surface area contributed by atoms with Gasteiger partial charge in [-0.05, 0) is 49.2 Å². The summed E-state index contributed by atoms with van der Waals surface area (Å²) in [5, 5.41) is 6.72. The SMILES string of the molecule is Cn1cc(C(=O)Nc2ccc(OC(=O)C3CCN(S(=O)(=O)c4ccccc4)CC3)cc2)cn1. The number of carbonyl (C=O) groups is 2. The van der Waals surface area contributed by atoms with Gasteiger partial charge in [0.25, 0.3) is 5.91 Å². The molecule has 1 saturated heterocycles. The average molecular weight is 469 g/mol. The van der Waals surface area contributed by atoms with E-state index in [0.717, 1.165) is 0 Å². The third-order valence-electron chi connectivity index (χ3n) is 5.47. The summed E-state index contributed by atoms with van der Waals surface area (Å²) in [6.45, 7) is 0.520. The lowest BCUT2D eigenvalue weighted by atomic mass is 9.98. The van der Waals surface area contributed by atoms with E-state index in [2.05, 4.69) is 10.4 Å². The molecule has 0 unspecified atom stereocenters. The third-order valence-corrected chi connectivity index (χ3v) is 7.38. The van der Waals surface area contributed by atoms with Crippen LogP contribution < -0.4 is 10.1 Å². The van der Waals surface area contributed by atoms with Crippen LogP contribution in [0.2, 0.25) is 0 Å². The van der Waals surface area contributed by atoms with Crippen LogP contribution in [0.4, 0.5) is 5.69 Å².